The van der Waals surface area contributed by atoms with Crippen LogP contribution in [-0.4, -0.2) is 54.7 Å². The third kappa shape index (κ3) is 28.6. The number of pyridine rings is 5. The Morgan fingerprint density at radius 1 is 0.207 bits per heavy atom. The number of aromatic nitrogens is 7. The molecule has 0 bridgehead atoms. The maximum absolute atomic E-state index is 5.68. The Kier molecular flexibility index (Phi) is 37.5. The van der Waals surface area contributed by atoms with Gasteiger partial charge in [0, 0.05) is 97.4 Å². The molecule has 0 atom stereocenters. The smallest absolute Gasteiger partial charge is 0.133 e. The highest BCUT2D eigenvalue weighted by Crippen LogP contribution is 2.36. The first-order valence-corrected chi connectivity index (χ1v) is 55.7. The summed E-state index contributed by atoms with van der Waals surface area (Å²) in [5.74, 6) is 3.03. The first kappa shape index (κ1) is 103. The lowest BCUT2D eigenvalue weighted by molar-refractivity contribution is 0.318. The predicted octanol–water partition coefficient (Wildman–Crippen LogP) is 34.7. The average Bonchev–Trinajstić information content (AvgIpc) is 1.36. The van der Waals surface area contributed by atoms with Crippen LogP contribution < -0.4 is 14.2 Å². The zero-order valence-electron chi connectivity index (χ0n) is 85.1. The lowest BCUT2D eigenvalue weighted by atomic mass is 9.91. The first-order valence-electron chi connectivity index (χ1n) is 53.1. The summed E-state index contributed by atoms with van der Waals surface area (Å²) in [7, 11) is 0. The van der Waals surface area contributed by atoms with Crippen molar-refractivity contribution in [3.63, 3.8) is 0 Å². The molecule has 14 heteroatoms. The number of para-hydroxylation sites is 5. The molecule has 150 heavy (non-hydrogen) atoms. The molecule has 24 aromatic rings. The van der Waals surface area contributed by atoms with E-state index in [1.54, 1.807) is 72.8 Å². The number of hydrogen-bond donors (Lipinski definition) is 1. The third-order valence-corrected chi connectivity index (χ3v) is 30.7. The molecule has 0 radical (unpaired) electrons. The van der Waals surface area contributed by atoms with Crippen LogP contribution in [0, 0.1) is 0 Å². The number of ether oxygens (including phenoxy) is 3. The summed E-state index contributed by atoms with van der Waals surface area (Å²) >= 11 is 5.38. The molecule has 10 aromatic heterocycles. The van der Waals surface area contributed by atoms with Crippen LogP contribution in [0.4, 0.5) is 0 Å². The number of H-pyrrole nitrogens is 1. The number of aryl methyl sites for hydroxylation is 13. The van der Waals surface area contributed by atoms with Crippen molar-refractivity contribution in [2.45, 2.75) is 148 Å². The van der Waals surface area contributed by atoms with Crippen molar-refractivity contribution in [1.82, 2.24) is 34.9 Å². The van der Waals surface area contributed by atoms with Gasteiger partial charge in [0.15, 0.2) is 0 Å². The first-order chi connectivity index (χ1) is 74.5. The molecule has 748 valence electrons. The molecule has 6 aliphatic carbocycles. The maximum Gasteiger partial charge on any atom is 0.133 e. The molecule has 9 aliphatic rings. The van der Waals surface area contributed by atoms with Crippen molar-refractivity contribution in [1.29, 1.82) is 0 Å². The Balaban J connectivity index is 0.000000101. The van der Waals surface area contributed by atoms with Crippen LogP contribution >= 0.6 is 34.0 Å². The van der Waals surface area contributed by atoms with E-state index in [-0.39, 0.29) is 0 Å². The van der Waals surface area contributed by atoms with Crippen LogP contribution in [0.3, 0.4) is 0 Å². The highest BCUT2D eigenvalue weighted by Gasteiger charge is 2.19. The molecule has 0 unspecified atom stereocenters. The molecule has 0 fully saturated rings. The molecule has 1 N–H and O–H groups in total. The van der Waals surface area contributed by atoms with Gasteiger partial charge in [-0.2, -0.15) is 0 Å². The average molecular weight is 2020 g/mol. The van der Waals surface area contributed by atoms with E-state index in [9.17, 15) is 0 Å². The zero-order valence-corrected chi connectivity index (χ0v) is 87.6. The molecule has 0 spiro atoms. The van der Waals surface area contributed by atoms with E-state index in [0.717, 1.165) is 107 Å². The molecule has 14 aromatic carbocycles. The van der Waals surface area contributed by atoms with Gasteiger partial charge >= 0.3 is 0 Å². The number of hydrogen-bond acceptors (Lipinski definition) is 13. The molecule has 0 amide bonds. The molecular formula is C136H127N7O4S3. The van der Waals surface area contributed by atoms with E-state index in [0.29, 0.717) is 0 Å². The van der Waals surface area contributed by atoms with Gasteiger partial charge in [-0.15, -0.1) is 34.0 Å². The number of rotatable bonds is 0. The Hall–Kier alpha value is -15.8. The number of thiophene rings is 2. The number of aromatic amines is 1. The lowest BCUT2D eigenvalue weighted by Crippen LogP contribution is -2.08. The van der Waals surface area contributed by atoms with E-state index in [4.69, 9.17) is 18.6 Å². The normalized spacial score (nSPS) is 13.3. The van der Waals surface area contributed by atoms with Crippen LogP contribution in [0.5, 0.6) is 17.2 Å². The van der Waals surface area contributed by atoms with Crippen LogP contribution in [0.2, 0.25) is 0 Å². The number of thiazole rings is 1. The van der Waals surface area contributed by atoms with Crippen LogP contribution in [0.25, 0.3) is 96.7 Å². The van der Waals surface area contributed by atoms with E-state index in [1.165, 1.54) is 214 Å². The van der Waals surface area contributed by atoms with Gasteiger partial charge in [0.1, 0.15) is 22.8 Å². The predicted molar refractivity (Wildman–Crippen MR) is 630 cm³/mol. The maximum atomic E-state index is 5.68. The molecular weight excluding hydrogens is 1890 g/mol. The molecule has 11 nitrogen and oxygen atoms in total. The minimum atomic E-state index is 0.788. The summed E-state index contributed by atoms with van der Waals surface area (Å²) in [4.78, 5) is 30.4. The number of nitrogens with zero attached hydrogens (tertiary/aromatic N) is 6. The van der Waals surface area contributed by atoms with E-state index < -0.39 is 0 Å². The summed E-state index contributed by atoms with van der Waals surface area (Å²) in [6.45, 7) is 2.46. The van der Waals surface area contributed by atoms with Gasteiger partial charge in [-0.05, 0) is 368 Å². The van der Waals surface area contributed by atoms with Gasteiger partial charge in [-0.25, -0.2) is 4.98 Å². The van der Waals surface area contributed by atoms with Gasteiger partial charge < -0.3 is 23.6 Å². The quantitative estimate of drug-likeness (QED) is 0.156. The van der Waals surface area contributed by atoms with Crippen molar-refractivity contribution in [3.8, 4) is 17.2 Å². The van der Waals surface area contributed by atoms with E-state index in [2.05, 4.69) is 258 Å². The summed E-state index contributed by atoms with van der Waals surface area (Å²) < 4.78 is 24.3. The summed E-state index contributed by atoms with van der Waals surface area (Å²) in [6.07, 6.45) is 42.2. The van der Waals surface area contributed by atoms with Crippen LogP contribution in [-0.2, 0) is 96.3 Å². The van der Waals surface area contributed by atoms with Crippen molar-refractivity contribution in [3.05, 3.63) is 531 Å². The van der Waals surface area contributed by atoms with Gasteiger partial charge in [0.2, 0.25) is 0 Å². The topological polar surface area (TPSA) is 134 Å². The fraction of sp³-hybridized carbons (Fsp3) is 0.191. The highest BCUT2D eigenvalue weighted by molar-refractivity contribution is 7.17. The number of fused-ring (bicyclic) bond motifs is 10. The molecule has 33 rings (SSSR count). The monoisotopic (exact) mass is 2020 g/mol. The summed E-state index contributed by atoms with van der Waals surface area (Å²) in [6, 6.07) is 133. The fourth-order valence-electron chi connectivity index (χ4n) is 20.4. The van der Waals surface area contributed by atoms with Crippen LogP contribution in [0.15, 0.2) is 452 Å². The minimum Gasteiger partial charge on any atom is -0.493 e. The van der Waals surface area contributed by atoms with Gasteiger partial charge in [0.25, 0.3) is 0 Å². The van der Waals surface area contributed by atoms with Gasteiger partial charge in [-0.3, -0.25) is 24.9 Å². The summed E-state index contributed by atoms with van der Waals surface area (Å²) in [5, 5.41) is 14.5. The molecule has 0 saturated carbocycles. The number of nitrogens with one attached hydrogen (secondary N) is 1. The Morgan fingerprint density at radius 2 is 0.600 bits per heavy atom. The summed E-state index contributed by atoms with van der Waals surface area (Å²) in [5.41, 5.74) is 31.6. The van der Waals surface area contributed by atoms with Crippen LogP contribution in [0.1, 0.15) is 134 Å². The third-order valence-electron chi connectivity index (χ3n) is 28.0. The Morgan fingerprint density at radius 3 is 1.17 bits per heavy atom. The highest BCUT2D eigenvalue weighted by atomic mass is 32.1. The minimum absolute atomic E-state index is 0.788. The van der Waals surface area contributed by atoms with E-state index >= 15 is 0 Å². The van der Waals surface area contributed by atoms with E-state index in [1.807, 2.05) is 230 Å². The Bertz CT molecular complexity index is 7410. The molecule has 13 heterocycles. The van der Waals surface area contributed by atoms with Crippen molar-refractivity contribution >= 4 is 131 Å². The van der Waals surface area contributed by atoms with Crippen molar-refractivity contribution < 1.29 is 18.6 Å². The number of furan rings is 1. The van der Waals surface area contributed by atoms with Gasteiger partial charge in [0.05, 0.1) is 69.4 Å². The second kappa shape index (κ2) is 54.7. The largest absolute Gasteiger partial charge is 0.493 e. The Labute approximate surface area is 892 Å². The standard InChI is InChI=1S/C12H11NO.C12H11N.C11H9NO.C11H9N.2C10H12.C9H7N.C9H10.C8H7N.C8H8O.C8H6O.C8H6S.C7H5NS.C7H8S.C6H6/c1-4-10-12-9(6-7-13-10)3-2-8-14-11(12)5-1;1-3-9-5-2-6-11-12(9)10(4-1)7-8-13-11;1-2-9-11-8(4-6-12-9)5-7-13-10(11)3-1;1-2-8-4-5-9-6-7-12-10(3-1)11(8)9;2*1-2-6-10-8-4-3-7-9(10)5-1;1-2-6-9-8(4-1)5-3-7-10-9;1-2-5-9-7-3-6-8(9)4-1;4*1-2-4-8-7(3-1)5-6-9-8;1-2-4-7-6(3-1)8-5-9-7;1-2-6-4-5-8-7(6)3-1;1-2-4-6-5-3-1/h1,4-7H,2-3,8H2;2,5-8H,1,3-4H2;1-4,6H,5,7H2;1-3,6-7H,4-5H2;2*1-2,5-6H,3-4,7-8H2;1-7H;1-2,4-5H,3,6-7H2;1-6,9H;1-4H,5-6H2;2*1-6H;1-5H;4-5H,1-3H2;1-6H. The SMILES string of the molecule is c1cc2c(s1)CCC2.c1cc2c3c(ccnc3c1)CC2.c1cc2c3c(ccnc3c1)CCC2.c1cc2c3c(ccnc3c1)CCCO2.c1cc2c3c(ccnc3c1)CCO2.c1ccc2[nH]ccc2c1.c1ccc2c(c1)CCC2.c1ccc2c(c1)CCCC2.c1ccc2c(c1)CCCC2.c1ccc2c(c1)CCO2.c1ccc2ncccc2c1.c1ccc2occc2c1.c1ccc2sccc2c1.c1ccc2scnc2c1.c1ccccc1. The lowest BCUT2D eigenvalue weighted by Gasteiger charge is -2.17. The molecule has 0 saturated heterocycles. The van der Waals surface area contributed by atoms with Crippen molar-refractivity contribution in [2.75, 3.05) is 19.8 Å². The number of benzene rings is 14. The van der Waals surface area contributed by atoms with Crippen molar-refractivity contribution in [2.24, 2.45) is 0 Å². The fourth-order valence-corrected chi connectivity index (χ4v) is 22.8. The zero-order chi connectivity index (χ0) is 101. The second-order valence-electron chi connectivity index (χ2n) is 37.9. The molecule has 3 aliphatic heterocycles. The second-order valence-corrected chi connectivity index (χ2v) is 40.7. The van der Waals surface area contributed by atoms with Gasteiger partial charge in [-0.1, -0.05) is 255 Å².